The number of para-hydroxylation sites is 1. The van der Waals surface area contributed by atoms with E-state index in [4.69, 9.17) is 16.3 Å². The number of H-pyrrole nitrogens is 1. The maximum Gasteiger partial charge on any atom is 0.417 e. The summed E-state index contributed by atoms with van der Waals surface area (Å²) in [7, 11) is 0. The number of nitrogens with one attached hydrogen (secondary N) is 3. The molecule has 194 valence electrons. The number of carbonyl (C=O) groups excluding carboxylic acids is 1. The van der Waals surface area contributed by atoms with Gasteiger partial charge in [0.25, 0.3) is 0 Å². The average molecular weight is 525 g/mol. The van der Waals surface area contributed by atoms with Crippen molar-refractivity contribution < 1.29 is 27.8 Å². The van der Waals surface area contributed by atoms with Gasteiger partial charge in [0.1, 0.15) is 0 Å². The second-order valence-corrected chi connectivity index (χ2v) is 10.2. The molecule has 1 fully saturated rings. The van der Waals surface area contributed by atoms with Crippen LogP contribution in [-0.4, -0.2) is 45.6 Å². The number of likely N-dealkylation sites (tertiary alicyclic amines) is 1. The molecule has 3 aromatic rings. The lowest BCUT2D eigenvalue weighted by Crippen LogP contribution is -2.44. The predicted molar refractivity (Wildman–Crippen MR) is 132 cm³/mol. The molecular weight excluding hydrogens is 497 g/mol. The van der Waals surface area contributed by atoms with Crippen molar-refractivity contribution >= 4 is 34.2 Å². The van der Waals surface area contributed by atoms with Crippen molar-refractivity contribution in [1.82, 2.24) is 15.2 Å². The van der Waals surface area contributed by atoms with Gasteiger partial charge in [-0.25, -0.2) is 9.69 Å². The van der Waals surface area contributed by atoms with Crippen LogP contribution in [0.2, 0.25) is 5.02 Å². The number of anilines is 1. The van der Waals surface area contributed by atoms with Gasteiger partial charge in [-0.3, -0.25) is 0 Å². The lowest BCUT2D eigenvalue weighted by Gasteiger charge is -2.33. The summed E-state index contributed by atoms with van der Waals surface area (Å²) in [5, 5.41) is 16.6. The molecule has 1 aliphatic rings. The number of rotatable bonds is 5. The quantitative estimate of drug-likeness (QED) is 0.314. The lowest BCUT2D eigenvalue weighted by molar-refractivity contribution is -0.243. The van der Waals surface area contributed by atoms with Crippen molar-refractivity contribution in [2.24, 2.45) is 0 Å². The number of aromatic nitrogens is 1. The molecule has 1 saturated heterocycles. The van der Waals surface area contributed by atoms with Crippen LogP contribution in [0.25, 0.3) is 10.9 Å². The normalized spacial score (nSPS) is 20.0. The fourth-order valence-corrected chi connectivity index (χ4v) is 4.57. The number of alkyl halides is 3. The smallest absolute Gasteiger partial charge is 0.357 e. The largest absolute Gasteiger partial charge is 0.417 e. The maximum atomic E-state index is 13.2. The van der Waals surface area contributed by atoms with Crippen LogP contribution in [0.5, 0.6) is 0 Å². The standard InChI is InChI=1S/C25H28ClF3N4O3/c1-24(2,3)36-23(35)33-13-16(12-21(33)20-10-14-6-4-5-7-19(14)32-20)31-22(34)30-15-8-9-18(26)17(11-15)25(27,28)29/h4-11,16,21,23,32,35H,12-13H2,1-3H3,(H2,30,31,34)/t16-,21?,23?/m1/s1. The molecule has 36 heavy (non-hydrogen) atoms. The molecule has 2 aromatic carbocycles. The highest BCUT2D eigenvalue weighted by atomic mass is 35.5. The summed E-state index contributed by atoms with van der Waals surface area (Å²) in [6.45, 7) is 5.75. The predicted octanol–water partition coefficient (Wildman–Crippen LogP) is 5.87. The molecule has 11 heteroatoms. The third-order valence-corrected chi connectivity index (χ3v) is 6.19. The first kappa shape index (κ1) is 26.3. The lowest BCUT2D eigenvalue weighted by atomic mass is 10.1. The van der Waals surface area contributed by atoms with Gasteiger partial charge in [0, 0.05) is 29.5 Å². The van der Waals surface area contributed by atoms with Crippen molar-refractivity contribution in [3.63, 3.8) is 0 Å². The monoisotopic (exact) mass is 524 g/mol. The van der Waals surface area contributed by atoms with E-state index in [0.717, 1.165) is 28.7 Å². The number of hydrogen-bond acceptors (Lipinski definition) is 4. The van der Waals surface area contributed by atoms with Crippen LogP contribution in [0.4, 0.5) is 23.7 Å². The Balaban J connectivity index is 1.51. The summed E-state index contributed by atoms with van der Waals surface area (Å²) in [6.07, 6.45) is -5.44. The molecule has 3 atom stereocenters. The minimum atomic E-state index is -4.65. The summed E-state index contributed by atoms with van der Waals surface area (Å²) < 4.78 is 45.2. The number of carbonyl (C=O) groups is 1. The van der Waals surface area contributed by atoms with Crippen LogP contribution in [0, 0.1) is 0 Å². The maximum absolute atomic E-state index is 13.2. The topological polar surface area (TPSA) is 89.6 Å². The first-order valence-electron chi connectivity index (χ1n) is 11.4. The number of hydrogen-bond donors (Lipinski definition) is 4. The number of nitrogens with zero attached hydrogens (tertiary/aromatic N) is 1. The van der Waals surface area contributed by atoms with Crippen molar-refractivity contribution in [2.45, 2.75) is 57.5 Å². The molecule has 1 aliphatic heterocycles. The zero-order valence-electron chi connectivity index (χ0n) is 20.0. The van der Waals surface area contributed by atoms with Crippen molar-refractivity contribution in [3.05, 3.63) is 64.8 Å². The zero-order valence-corrected chi connectivity index (χ0v) is 20.7. The number of aromatic amines is 1. The SMILES string of the molecule is CC(C)(C)OC(O)N1C[C@H](NC(=O)Nc2ccc(Cl)c(C(F)(F)F)c2)CC1c1cc2ccccc2[nH]1. The molecule has 2 amide bonds. The number of urea groups is 1. The van der Waals surface area contributed by atoms with Crippen LogP contribution < -0.4 is 10.6 Å². The minimum absolute atomic E-state index is 0.0395. The molecule has 7 nitrogen and oxygen atoms in total. The van der Waals surface area contributed by atoms with Crippen LogP contribution in [0.1, 0.15) is 44.5 Å². The Morgan fingerprint density at radius 1 is 1.19 bits per heavy atom. The highest BCUT2D eigenvalue weighted by Crippen LogP contribution is 2.37. The summed E-state index contributed by atoms with van der Waals surface area (Å²) in [5.74, 6) is 0. The van der Waals surface area contributed by atoms with Crippen LogP contribution in [0.15, 0.2) is 48.5 Å². The van der Waals surface area contributed by atoms with E-state index in [1.807, 2.05) is 51.1 Å². The molecule has 0 bridgehead atoms. The summed E-state index contributed by atoms with van der Waals surface area (Å²) in [4.78, 5) is 17.8. The molecule has 1 aromatic heterocycles. The number of amides is 2. The Labute approximate surface area is 211 Å². The van der Waals surface area contributed by atoms with Gasteiger partial charge < -0.3 is 25.5 Å². The van der Waals surface area contributed by atoms with Crippen LogP contribution in [-0.2, 0) is 10.9 Å². The second kappa shape index (κ2) is 9.93. The summed E-state index contributed by atoms with van der Waals surface area (Å²) >= 11 is 5.66. The van der Waals surface area contributed by atoms with E-state index in [2.05, 4.69) is 15.6 Å². The zero-order chi connectivity index (χ0) is 26.3. The fourth-order valence-electron chi connectivity index (χ4n) is 4.35. The molecule has 2 unspecified atom stereocenters. The van der Waals surface area contributed by atoms with E-state index in [1.165, 1.54) is 6.07 Å². The van der Waals surface area contributed by atoms with E-state index in [0.29, 0.717) is 6.42 Å². The molecule has 0 aliphatic carbocycles. The van der Waals surface area contributed by atoms with Gasteiger partial charge in [0.2, 0.25) is 6.41 Å². The Morgan fingerprint density at radius 2 is 1.92 bits per heavy atom. The number of fused-ring (bicyclic) bond motifs is 1. The summed E-state index contributed by atoms with van der Waals surface area (Å²) in [6, 6.07) is 11.6. The molecule has 0 spiro atoms. The third kappa shape index (κ3) is 6.12. The molecular formula is C25H28ClF3N4O3. The van der Waals surface area contributed by atoms with Crippen LogP contribution in [0.3, 0.4) is 0 Å². The Hall–Kier alpha value is -2.79. The van der Waals surface area contributed by atoms with E-state index < -0.39 is 40.9 Å². The van der Waals surface area contributed by atoms with Crippen molar-refractivity contribution in [3.8, 4) is 0 Å². The molecule has 4 N–H and O–H groups in total. The Kier molecular flexibility index (Phi) is 7.25. The highest BCUT2D eigenvalue weighted by Gasteiger charge is 2.40. The third-order valence-electron chi connectivity index (χ3n) is 5.86. The Bertz CT molecular complexity index is 1210. The van der Waals surface area contributed by atoms with Gasteiger partial charge in [0.05, 0.1) is 22.2 Å². The van der Waals surface area contributed by atoms with Gasteiger partial charge in [-0.05, 0) is 62.9 Å². The fraction of sp³-hybridized carbons (Fsp3) is 0.400. The van der Waals surface area contributed by atoms with E-state index in [-0.39, 0.29) is 18.3 Å². The van der Waals surface area contributed by atoms with Gasteiger partial charge in [-0.1, -0.05) is 29.8 Å². The number of benzene rings is 2. The number of aliphatic hydroxyl groups is 1. The first-order valence-corrected chi connectivity index (χ1v) is 11.8. The number of aliphatic hydroxyl groups excluding tert-OH is 1. The van der Waals surface area contributed by atoms with Crippen molar-refractivity contribution in [1.29, 1.82) is 0 Å². The van der Waals surface area contributed by atoms with Gasteiger partial charge in [0.15, 0.2) is 0 Å². The van der Waals surface area contributed by atoms with Gasteiger partial charge >= 0.3 is 12.2 Å². The number of ether oxygens (including phenoxy) is 1. The van der Waals surface area contributed by atoms with Gasteiger partial charge in [-0.15, -0.1) is 0 Å². The second-order valence-electron chi connectivity index (χ2n) is 9.80. The molecule has 0 saturated carbocycles. The minimum Gasteiger partial charge on any atom is -0.357 e. The summed E-state index contributed by atoms with van der Waals surface area (Å²) in [5.41, 5.74) is 0.108. The average Bonchev–Trinajstić information content (AvgIpc) is 3.37. The van der Waals surface area contributed by atoms with E-state index in [1.54, 1.807) is 4.90 Å². The highest BCUT2D eigenvalue weighted by molar-refractivity contribution is 6.31. The van der Waals surface area contributed by atoms with Crippen molar-refractivity contribution in [2.75, 3.05) is 11.9 Å². The van der Waals surface area contributed by atoms with Crippen LogP contribution >= 0.6 is 11.6 Å². The Morgan fingerprint density at radius 3 is 2.58 bits per heavy atom. The molecule has 4 rings (SSSR count). The van der Waals surface area contributed by atoms with Gasteiger partial charge in [-0.2, -0.15) is 13.2 Å². The first-order chi connectivity index (χ1) is 16.8. The van der Waals surface area contributed by atoms with E-state index >= 15 is 0 Å². The molecule has 0 radical (unpaired) electrons. The number of halogens is 4. The molecule has 2 heterocycles. The van der Waals surface area contributed by atoms with E-state index in [9.17, 15) is 23.1 Å².